The van der Waals surface area contributed by atoms with E-state index in [0.717, 1.165) is 24.0 Å². The van der Waals surface area contributed by atoms with Gasteiger partial charge in [0.05, 0.1) is 18.8 Å². The first kappa shape index (κ1) is 27.5. The number of fused-ring (bicyclic) bond motifs is 1. The highest BCUT2D eigenvalue weighted by Gasteiger charge is 2.13. The Morgan fingerprint density at radius 1 is 0.861 bits per heavy atom. The molecule has 5 nitrogen and oxygen atoms in total. The predicted octanol–water partition coefficient (Wildman–Crippen LogP) is 6.84. The van der Waals surface area contributed by atoms with Gasteiger partial charge in [-0.05, 0) is 54.3 Å². The predicted molar refractivity (Wildman–Crippen MR) is 147 cm³/mol. The first-order chi connectivity index (χ1) is 17.6. The van der Waals surface area contributed by atoms with Gasteiger partial charge in [-0.25, -0.2) is 0 Å². The lowest BCUT2D eigenvalue weighted by atomic mass is 10.0. The summed E-state index contributed by atoms with van der Waals surface area (Å²) in [5.41, 5.74) is 2.96. The SMILES string of the molecule is CCCCCc1ccc(OCCOCCNC(=O)c2ccc3ccccc3c2O)c(CCCCC)c1. The average molecular weight is 492 g/mol. The summed E-state index contributed by atoms with van der Waals surface area (Å²) in [5.74, 6) is 0.647. The van der Waals surface area contributed by atoms with Crippen LogP contribution >= 0.6 is 0 Å². The molecule has 0 radical (unpaired) electrons. The summed E-state index contributed by atoms with van der Waals surface area (Å²) >= 11 is 0. The van der Waals surface area contributed by atoms with Crippen LogP contribution in [0.5, 0.6) is 11.5 Å². The Morgan fingerprint density at radius 2 is 1.64 bits per heavy atom. The number of aryl methyl sites for hydroxylation is 2. The molecule has 0 unspecified atom stereocenters. The normalized spacial score (nSPS) is 11.1. The van der Waals surface area contributed by atoms with Crippen molar-refractivity contribution in [2.75, 3.05) is 26.4 Å². The van der Waals surface area contributed by atoms with Gasteiger partial charge in [-0.1, -0.05) is 82.0 Å². The number of phenolic OH excluding ortho intramolecular Hbond substituents is 1. The molecule has 0 fully saturated rings. The summed E-state index contributed by atoms with van der Waals surface area (Å²) in [4.78, 5) is 12.5. The number of hydrogen-bond acceptors (Lipinski definition) is 4. The first-order valence-corrected chi connectivity index (χ1v) is 13.4. The highest BCUT2D eigenvalue weighted by atomic mass is 16.5. The van der Waals surface area contributed by atoms with Crippen LogP contribution in [0.15, 0.2) is 54.6 Å². The summed E-state index contributed by atoms with van der Waals surface area (Å²) in [7, 11) is 0. The van der Waals surface area contributed by atoms with E-state index in [9.17, 15) is 9.90 Å². The maximum Gasteiger partial charge on any atom is 0.255 e. The van der Waals surface area contributed by atoms with Crippen molar-refractivity contribution < 1.29 is 19.4 Å². The Bertz CT molecular complexity index is 1100. The highest BCUT2D eigenvalue weighted by Crippen LogP contribution is 2.28. The molecule has 3 aromatic rings. The van der Waals surface area contributed by atoms with Crippen LogP contribution in [-0.2, 0) is 17.6 Å². The van der Waals surface area contributed by atoms with Crippen LogP contribution in [-0.4, -0.2) is 37.4 Å². The molecule has 0 bridgehead atoms. The average Bonchev–Trinajstić information content (AvgIpc) is 2.89. The lowest BCUT2D eigenvalue weighted by Gasteiger charge is -2.14. The standard InChI is InChI=1S/C31H41NO4/c1-3-5-7-11-24-15-18-29(26(23-24)13-8-6-4-2)36-22-21-35-20-19-32-31(34)28-17-16-25-12-9-10-14-27(25)30(28)33/h9-10,12,14-18,23,33H,3-8,11,13,19-22H2,1-2H3,(H,32,34). The minimum atomic E-state index is -0.311. The van der Waals surface area contributed by atoms with Crippen molar-refractivity contribution in [1.82, 2.24) is 5.32 Å². The Kier molecular flexibility index (Phi) is 11.6. The molecule has 0 heterocycles. The molecule has 3 aromatic carbocycles. The molecule has 3 rings (SSSR count). The van der Waals surface area contributed by atoms with Gasteiger partial charge in [-0.2, -0.15) is 0 Å². The summed E-state index contributed by atoms with van der Waals surface area (Å²) in [5, 5.41) is 14.8. The zero-order chi connectivity index (χ0) is 25.6. The molecule has 0 spiro atoms. The molecular weight excluding hydrogens is 450 g/mol. The first-order valence-electron chi connectivity index (χ1n) is 13.4. The maximum absolute atomic E-state index is 12.5. The highest BCUT2D eigenvalue weighted by molar-refractivity contribution is 6.03. The molecule has 194 valence electrons. The second-order valence-electron chi connectivity index (χ2n) is 9.26. The van der Waals surface area contributed by atoms with Crippen molar-refractivity contribution in [1.29, 1.82) is 0 Å². The van der Waals surface area contributed by atoms with E-state index in [0.29, 0.717) is 31.8 Å². The van der Waals surface area contributed by atoms with Crippen molar-refractivity contribution in [2.24, 2.45) is 0 Å². The van der Waals surface area contributed by atoms with Crippen molar-refractivity contribution in [2.45, 2.75) is 65.2 Å². The Balaban J connectivity index is 1.41. The molecular formula is C31H41NO4. The monoisotopic (exact) mass is 491 g/mol. The molecule has 36 heavy (non-hydrogen) atoms. The van der Waals surface area contributed by atoms with E-state index in [2.05, 4.69) is 37.4 Å². The number of carbonyl (C=O) groups is 1. The fourth-order valence-electron chi connectivity index (χ4n) is 4.35. The lowest BCUT2D eigenvalue weighted by Crippen LogP contribution is -2.27. The number of rotatable bonds is 16. The summed E-state index contributed by atoms with van der Waals surface area (Å²) < 4.78 is 11.7. The van der Waals surface area contributed by atoms with E-state index in [-0.39, 0.29) is 17.2 Å². The third-order valence-electron chi connectivity index (χ3n) is 6.41. The zero-order valence-corrected chi connectivity index (χ0v) is 21.9. The van der Waals surface area contributed by atoms with E-state index in [1.807, 2.05) is 24.3 Å². The number of unbranched alkanes of at least 4 members (excludes halogenated alkanes) is 4. The number of nitrogens with one attached hydrogen (secondary N) is 1. The number of benzene rings is 3. The number of aromatic hydroxyl groups is 1. The van der Waals surface area contributed by atoms with Crippen molar-refractivity contribution in [3.05, 3.63) is 71.3 Å². The number of amides is 1. The van der Waals surface area contributed by atoms with E-state index in [4.69, 9.17) is 9.47 Å². The second-order valence-corrected chi connectivity index (χ2v) is 9.26. The largest absolute Gasteiger partial charge is 0.506 e. The van der Waals surface area contributed by atoms with Crippen molar-refractivity contribution in [3.63, 3.8) is 0 Å². The summed E-state index contributed by atoms with van der Waals surface area (Å²) in [6.45, 7) is 6.11. The van der Waals surface area contributed by atoms with Gasteiger partial charge in [-0.3, -0.25) is 4.79 Å². The van der Waals surface area contributed by atoms with Crippen LogP contribution in [0.4, 0.5) is 0 Å². The molecule has 0 aromatic heterocycles. The molecule has 0 saturated heterocycles. The van der Waals surface area contributed by atoms with Gasteiger partial charge in [0.2, 0.25) is 0 Å². The second kappa shape index (κ2) is 15.1. The van der Waals surface area contributed by atoms with Crippen LogP contribution in [0.3, 0.4) is 0 Å². The molecule has 5 heteroatoms. The van der Waals surface area contributed by atoms with Gasteiger partial charge >= 0.3 is 0 Å². The smallest absolute Gasteiger partial charge is 0.255 e. The van der Waals surface area contributed by atoms with Gasteiger partial charge in [0, 0.05) is 11.9 Å². The Hall–Kier alpha value is -3.05. The van der Waals surface area contributed by atoms with Gasteiger partial charge < -0.3 is 19.9 Å². The lowest BCUT2D eigenvalue weighted by molar-refractivity contribution is 0.0864. The minimum Gasteiger partial charge on any atom is -0.506 e. The van der Waals surface area contributed by atoms with Crippen molar-refractivity contribution >= 4 is 16.7 Å². The van der Waals surface area contributed by atoms with Gasteiger partial charge in [-0.15, -0.1) is 0 Å². The fraction of sp³-hybridized carbons (Fsp3) is 0.452. The molecule has 0 saturated carbocycles. The van der Waals surface area contributed by atoms with Gasteiger partial charge in [0.1, 0.15) is 18.1 Å². The van der Waals surface area contributed by atoms with Crippen LogP contribution in [0.25, 0.3) is 10.8 Å². The van der Waals surface area contributed by atoms with Crippen LogP contribution in [0, 0.1) is 0 Å². The van der Waals surface area contributed by atoms with E-state index >= 15 is 0 Å². The maximum atomic E-state index is 12.5. The molecule has 0 atom stereocenters. The van der Waals surface area contributed by atoms with E-state index in [1.165, 1.54) is 49.7 Å². The van der Waals surface area contributed by atoms with Gasteiger partial charge in [0.15, 0.2) is 0 Å². The van der Waals surface area contributed by atoms with Crippen LogP contribution < -0.4 is 10.1 Å². The number of hydrogen-bond donors (Lipinski definition) is 2. The fourth-order valence-corrected chi connectivity index (χ4v) is 4.35. The summed E-state index contributed by atoms with van der Waals surface area (Å²) in [6, 6.07) is 17.6. The number of carbonyl (C=O) groups excluding carboxylic acids is 1. The molecule has 1 amide bonds. The quantitative estimate of drug-likeness (QED) is 0.215. The minimum absolute atomic E-state index is 0.00559. The topological polar surface area (TPSA) is 67.8 Å². The third-order valence-corrected chi connectivity index (χ3v) is 6.41. The number of phenols is 1. The Morgan fingerprint density at radius 3 is 2.44 bits per heavy atom. The molecule has 2 N–H and O–H groups in total. The Labute approximate surface area is 215 Å². The zero-order valence-electron chi connectivity index (χ0n) is 21.9. The van der Waals surface area contributed by atoms with Crippen LogP contribution in [0.1, 0.15) is 73.9 Å². The molecule has 0 aliphatic carbocycles. The molecule has 0 aliphatic rings. The third kappa shape index (κ3) is 8.27. The summed E-state index contributed by atoms with van der Waals surface area (Å²) in [6.07, 6.45) is 9.51. The van der Waals surface area contributed by atoms with E-state index < -0.39 is 0 Å². The number of ether oxygens (including phenoxy) is 2. The van der Waals surface area contributed by atoms with Crippen LogP contribution in [0.2, 0.25) is 0 Å². The van der Waals surface area contributed by atoms with E-state index in [1.54, 1.807) is 12.1 Å². The molecule has 0 aliphatic heterocycles. The van der Waals surface area contributed by atoms with Gasteiger partial charge in [0.25, 0.3) is 5.91 Å². The van der Waals surface area contributed by atoms with Crippen molar-refractivity contribution in [3.8, 4) is 11.5 Å².